The Morgan fingerprint density at radius 1 is 1.06 bits per heavy atom. The molecule has 1 aromatic carbocycles. The van der Waals surface area contributed by atoms with Gasteiger partial charge in [0, 0.05) is 50.2 Å². The van der Waals surface area contributed by atoms with Gasteiger partial charge in [0.2, 0.25) is 0 Å². The number of hydrogen-bond acceptors (Lipinski definition) is 4. The van der Waals surface area contributed by atoms with Crippen LogP contribution in [0.4, 0.5) is 10.1 Å². The van der Waals surface area contributed by atoms with Crippen LogP contribution in [0.25, 0.3) is 0 Å². The molecule has 3 aromatic rings. The van der Waals surface area contributed by atoms with Crippen molar-refractivity contribution in [1.29, 1.82) is 0 Å². The van der Waals surface area contributed by atoms with E-state index in [0.717, 1.165) is 60.9 Å². The van der Waals surface area contributed by atoms with Crippen molar-refractivity contribution in [2.45, 2.75) is 33.9 Å². The molecule has 0 aliphatic carbocycles. The molecule has 0 atom stereocenters. The second-order valence-corrected chi connectivity index (χ2v) is 8.55. The maximum absolute atomic E-state index is 13.5. The van der Waals surface area contributed by atoms with Crippen molar-refractivity contribution in [3.8, 4) is 0 Å². The fourth-order valence-corrected chi connectivity index (χ4v) is 4.66. The number of amides is 1. The molecule has 1 aliphatic rings. The Bertz CT molecular complexity index is 1090. The van der Waals surface area contributed by atoms with Crippen molar-refractivity contribution >= 4 is 11.6 Å². The highest BCUT2D eigenvalue weighted by atomic mass is 19.1. The minimum absolute atomic E-state index is 0.123. The van der Waals surface area contributed by atoms with Gasteiger partial charge in [0.15, 0.2) is 0 Å². The van der Waals surface area contributed by atoms with Gasteiger partial charge in [-0.05, 0) is 50.2 Å². The smallest absolute Gasteiger partial charge is 0.268 e. The number of halogens is 1. The van der Waals surface area contributed by atoms with Gasteiger partial charge in [-0.15, -0.1) is 0 Å². The minimum atomic E-state index is -0.262. The Balaban J connectivity index is 1.66. The summed E-state index contributed by atoms with van der Waals surface area (Å²) in [5.41, 5.74) is 5.60. The number of likely N-dealkylation sites (N-methyl/N-ethyl adjacent to an activating group) is 1. The van der Waals surface area contributed by atoms with Crippen LogP contribution in [0.1, 0.15) is 39.9 Å². The number of benzene rings is 1. The first-order chi connectivity index (χ1) is 16.0. The van der Waals surface area contributed by atoms with E-state index in [1.54, 1.807) is 18.3 Å². The molecule has 7 heteroatoms. The maximum Gasteiger partial charge on any atom is 0.268 e. The molecule has 1 aliphatic heterocycles. The van der Waals surface area contributed by atoms with E-state index < -0.39 is 0 Å². The number of hydrogen-bond donors (Lipinski definition) is 1. The molecule has 0 radical (unpaired) electrons. The second kappa shape index (κ2) is 10.2. The number of nitrogens with one attached hydrogen (secondary N) is 1. The van der Waals surface area contributed by atoms with Gasteiger partial charge in [-0.25, -0.2) is 4.39 Å². The van der Waals surface area contributed by atoms with E-state index in [1.165, 1.54) is 12.1 Å². The Morgan fingerprint density at radius 2 is 1.79 bits per heavy atom. The molecule has 4 rings (SSSR count). The highest BCUT2D eigenvalue weighted by molar-refractivity contribution is 5.96. The summed E-state index contributed by atoms with van der Waals surface area (Å²) in [4.78, 5) is 22.5. The summed E-state index contributed by atoms with van der Waals surface area (Å²) < 4.78 is 15.5. The third-order valence-electron chi connectivity index (χ3n) is 6.49. The van der Waals surface area contributed by atoms with Crippen molar-refractivity contribution < 1.29 is 9.18 Å². The van der Waals surface area contributed by atoms with E-state index in [1.807, 2.05) is 25.1 Å². The number of carbonyl (C=O) groups is 1. The first-order valence-corrected chi connectivity index (χ1v) is 11.6. The van der Waals surface area contributed by atoms with Crippen molar-refractivity contribution in [2.75, 3.05) is 37.6 Å². The summed E-state index contributed by atoms with van der Waals surface area (Å²) in [6, 6.07) is 12.2. The lowest BCUT2D eigenvalue weighted by atomic mass is 10.1. The second-order valence-electron chi connectivity index (χ2n) is 8.55. The van der Waals surface area contributed by atoms with Gasteiger partial charge in [0.1, 0.15) is 11.5 Å². The van der Waals surface area contributed by atoms with E-state index in [0.29, 0.717) is 18.8 Å². The van der Waals surface area contributed by atoms with Crippen molar-refractivity contribution in [3.05, 3.63) is 82.7 Å². The lowest BCUT2D eigenvalue weighted by molar-refractivity contribution is 0.0940. The first-order valence-electron chi connectivity index (χ1n) is 11.6. The number of carbonyl (C=O) groups excluding carboxylic acids is 1. The predicted molar refractivity (Wildman–Crippen MR) is 129 cm³/mol. The van der Waals surface area contributed by atoms with E-state index in [2.05, 4.69) is 38.5 Å². The van der Waals surface area contributed by atoms with Gasteiger partial charge in [0.05, 0.1) is 17.9 Å². The molecule has 2 aromatic heterocycles. The summed E-state index contributed by atoms with van der Waals surface area (Å²) in [6.45, 7) is 12.1. The van der Waals surface area contributed by atoms with Crippen LogP contribution in [0.15, 0.2) is 48.7 Å². The Hall–Kier alpha value is -3.19. The lowest BCUT2D eigenvalue weighted by Gasteiger charge is -2.36. The van der Waals surface area contributed by atoms with Crippen LogP contribution in [0.2, 0.25) is 0 Å². The molecular weight excluding hydrogens is 417 g/mol. The molecule has 1 fully saturated rings. The van der Waals surface area contributed by atoms with Gasteiger partial charge in [-0.1, -0.05) is 25.1 Å². The number of pyridine rings is 1. The molecule has 1 saturated heterocycles. The predicted octanol–water partition coefficient (Wildman–Crippen LogP) is 3.76. The largest absolute Gasteiger partial charge is 0.367 e. The van der Waals surface area contributed by atoms with Crippen molar-refractivity contribution in [3.63, 3.8) is 0 Å². The summed E-state index contributed by atoms with van der Waals surface area (Å²) in [6.07, 6.45) is 1.72. The third kappa shape index (κ3) is 5.09. The molecule has 1 N–H and O–H groups in total. The zero-order valence-corrected chi connectivity index (χ0v) is 19.6. The first kappa shape index (κ1) is 23.0. The molecule has 6 nitrogen and oxygen atoms in total. The highest BCUT2D eigenvalue weighted by Gasteiger charge is 2.27. The molecule has 0 unspecified atom stereocenters. The molecule has 0 saturated carbocycles. The van der Waals surface area contributed by atoms with Crippen LogP contribution >= 0.6 is 0 Å². The van der Waals surface area contributed by atoms with Gasteiger partial charge in [-0.2, -0.15) is 0 Å². The number of anilines is 1. The van der Waals surface area contributed by atoms with Crippen LogP contribution in [0.5, 0.6) is 0 Å². The molecular formula is C26H32FN5O. The number of nitrogens with zero attached hydrogens (tertiary/aromatic N) is 4. The molecule has 1 amide bonds. The summed E-state index contributed by atoms with van der Waals surface area (Å²) >= 11 is 0. The molecule has 0 bridgehead atoms. The lowest BCUT2D eigenvalue weighted by Crippen LogP contribution is -2.46. The van der Waals surface area contributed by atoms with Crippen molar-refractivity contribution in [1.82, 2.24) is 19.8 Å². The van der Waals surface area contributed by atoms with Gasteiger partial charge >= 0.3 is 0 Å². The molecule has 3 heterocycles. The SMILES string of the molecule is CCN1CCN(c2c(C)c(C(=O)NCc3ccccn3)n(Cc3ccc(F)cc3)c2C)CC1. The van der Waals surface area contributed by atoms with E-state index in [9.17, 15) is 9.18 Å². The monoisotopic (exact) mass is 449 g/mol. The zero-order chi connectivity index (χ0) is 23.4. The number of piperazine rings is 1. The van der Waals surface area contributed by atoms with Gasteiger partial charge in [0.25, 0.3) is 5.91 Å². The molecule has 0 spiro atoms. The average molecular weight is 450 g/mol. The van der Waals surface area contributed by atoms with Gasteiger partial charge in [-0.3, -0.25) is 9.78 Å². The average Bonchev–Trinajstić information content (AvgIpc) is 3.08. The van der Waals surface area contributed by atoms with Crippen LogP contribution in [-0.4, -0.2) is 53.1 Å². The third-order valence-corrected chi connectivity index (χ3v) is 6.49. The van der Waals surface area contributed by atoms with Crippen LogP contribution in [0, 0.1) is 19.7 Å². The Labute approximate surface area is 195 Å². The summed E-state index contributed by atoms with van der Waals surface area (Å²) in [5.74, 6) is -0.385. The molecule has 174 valence electrons. The normalized spacial score (nSPS) is 14.5. The van der Waals surface area contributed by atoms with Crippen LogP contribution in [-0.2, 0) is 13.1 Å². The minimum Gasteiger partial charge on any atom is -0.367 e. The Morgan fingerprint density at radius 3 is 2.42 bits per heavy atom. The highest BCUT2D eigenvalue weighted by Crippen LogP contribution is 2.32. The summed E-state index contributed by atoms with van der Waals surface area (Å²) in [5, 5.41) is 3.04. The standard InChI is InChI=1S/C26H32FN5O/c1-4-30-13-15-31(16-14-30)24-19(2)25(26(33)29-17-23-7-5-6-12-28-23)32(20(24)3)18-21-8-10-22(27)11-9-21/h5-12H,4,13-18H2,1-3H3,(H,29,33). The van der Waals surface area contributed by atoms with Crippen molar-refractivity contribution in [2.24, 2.45) is 0 Å². The fraction of sp³-hybridized carbons (Fsp3) is 0.385. The quantitative estimate of drug-likeness (QED) is 0.597. The van der Waals surface area contributed by atoms with Crippen LogP contribution < -0.4 is 10.2 Å². The number of aromatic nitrogens is 2. The van der Waals surface area contributed by atoms with E-state index >= 15 is 0 Å². The van der Waals surface area contributed by atoms with Gasteiger partial charge < -0.3 is 19.7 Å². The van der Waals surface area contributed by atoms with E-state index in [4.69, 9.17) is 0 Å². The Kier molecular flexibility index (Phi) is 7.08. The topological polar surface area (TPSA) is 53.4 Å². The zero-order valence-electron chi connectivity index (χ0n) is 19.6. The summed E-state index contributed by atoms with van der Waals surface area (Å²) in [7, 11) is 0. The number of rotatable bonds is 7. The maximum atomic E-state index is 13.5. The van der Waals surface area contributed by atoms with Crippen LogP contribution in [0.3, 0.4) is 0 Å². The fourth-order valence-electron chi connectivity index (χ4n) is 4.66. The molecule has 33 heavy (non-hydrogen) atoms. The van der Waals surface area contributed by atoms with E-state index in [-0.39, 0.29) is 11.7 Å².